The second kappa shape index (κ2) is 8.53. The van der Waals surface area contributed by atoms with Gasteiger partial charge in [0, 0.05) is 12.1 Å². The van der Waals surface area contributed by atoms with Crippen molar-refractivity contribution >= 4 is 0 Å². The summed E-state index contributed by atoms with van der Waals surface area (Å²) < 4.78 is 0. The molecule has 0 aromatic carbocycles. The van der Waals surface area contributed by atoms with Gasteiger partial charge >= 0.3 is 0 Å². The Labute approximate surface area is 132 Å². The van der Waals surface area contributed by atoms with Gasteiger partial charge in [-0.05, 0) is 81.5 Å². The fourth-order valence-corrected chi connectivity index (χ4v) is 4.76. The Kier molecular flexibility index (Phi) is 7.01. The topological polar surface area (TPSA) is 52.0 Å². The van der Waals surface area contributed by atoms with E-state index in [1.807, 2.05) is 0 Å². The van der Waals surface area contributed by atoms with Crippen LogP contribution in [-0.2, 0) is 0 Å². The van der Waals surface area contributed by atoms with Gasteiger partial charge in [0.25, 0.3) is 0 Å². The van der Waals surface area contributed by atoms with E-state index in [1.54, 1.807) is 0 Å². The van der Waals surface area contributed by atoms with Gasteiger partial charge in [-0.3, -0.25) is 0 Å². The highest BCUT2D eigenvalue weighted by Gasteiger charge is 2.33. The molecule has 0 unspecified atom stereocenters. The first-order valence-corrected chi connectivity index (χ1v) is 9.57. The van der Waals surface area contributed by atoms with Crippen molar-refractivity contribution in [2.75, 3.05) is 0 Å². The summed E-state index contributed by atoms with van der Waals surface area (Å²) in [5.74, 6) is 3.72. The molecule has 21 heavy (non-hydrogen) atoms. The molecule has 2 fully saturated rings. The lowest BCUT2D eigenvalue weighted by Crippen LogP contribution is -2.35. The first kappa shape index (κ1) is 17.3. The molecule has 0 radical (unpaired) electrons. The minimum absolute atomic E-state index is 0.484. The molecule has 4 N–H and O–H groups in total. The second-order valence-electron chi connectivity index (χ2n) is 8.34. The van der Waals surface area contributed by atoms with E-state index in [0.717, 1.165) is 23.7 Å². The van der Waals surface area contributed by atoms with E-state index in [-0.39, 0.29) is 0 Å². The van der Waals surface area contributed by atoms with Gasteiger partial charge in [-0.2, -0.15) is 0 Å². The van der Waals surface area contributed by atoms with Crippen LogP contribution < -0.4 is 11.5 Å². The third-order valence-electron chi connectivity index (χ3n) is 6.16. The van der Waals surface area contributed by atoms with E-state index >= 15 is 0 Å². The lowest BCUT2D eigenvalue weighted by molar-refractivity contribution is 0.121. The molecule has 2 aliphatic rings. The zero-order chi connectivity index (χ0) is 15.2. The summed E-state index contributed by atoms with van der Waals surface area (Å²) in [6, 6.07) is 0.967. The molecule has 0 bridgehead atoms. The maximum absolute atomic E-state index is 6.12. The molecule has 2 aliphatic carbocycles. The summed E-state index contributed by atoms with van der Waals surface area (Å²) in [4.78, 5) is 0. The largest absolute Gasteiger partial charge is 0.328 e. The van der Waals surface area contributed by atoms with Crippen LogP contribution in [0.4, 0.5) is 0 Å². The zero-order valence-electron chi connectivity index (χ0n) is 14.4. The Balaban J connectivity index is 1.89. The molecule has 0 amide bonds. The van der Waals surface area contributed by atoms with Gasteiger partial charge in [0.15, 0.2) is 0 Å². The van der Waals surface area contributed by atoms with E-state index in [9.17, 15) is 0 Å². The van der Waals surface area contributed by atoms with Crippen LogP contribution in [0.25, 0.3) is 0 Å². The van der Waals surface area contributed by atoms with Crippen LogP contribution >= 0.6 is 0 Å². The van der Waals surface area contributed by atoms with Crippen molar-refractivity contribution in [2.45, 2.75) is 96.6 Å². The molecular weight excluding hydrogens is 256 g/mol. The molecule has 2 heteroatoms. The van der Waals surface area contributed by atoms with Crippen LogP contribution in [0.1, 0.15) is 84.5 Å². The average Bonchev–Trinajstić information content (AvgIpc) is 2.46. The normalized spacial score (nSPS) is 35.9. The van der Waals surface area contributed by atoms with Crippen molar-refractivity contribution in [3.8, 4) is 0 Å². The molecule has 124 valence electrons. The highest BCUT2D eigenvalue weighted by Crippen LogP contribution is 2.42. The van der Waals surface area contributed by atoms with Gasteiger partial charge in [-0.25, -0.2) is 0 Å². The fraction of sp³-hybridized carbons (Fsp3) is 1.00. The third kappa shape index (κ3) is 5.56. The van der Waals surface area contributed by atoms with Crippen LogP contribution in [0.15, 0.2) is 0 Å². The first-order valence-electron chi connectivity index (χ1n) is 9.57. The van der Waals surface area contributed by atoms with E-state index in [0.29, 0.717) is 12.1 Å². The van der Waals surface area contributed by atoms with Gasteiger partial charge in [-0.15, -0.1) is 0 Å². The first-order chi connectivity index (χ1) is 10.1. The Morgan fingerprint density at radius 1 is 0.714 bits per heavy atom. The molecule has 0 aliphatic heterocycles. The van der Waals surface area contributed by atoms with Crippen LogP contribution in [0.5, 0.6) is 0 Å². The smallest absolute Gasteiger partial charge is 0.00390 e. The molecular formula is C19H38N2. The molecule has 2 rings (SSSR count). The monoisotopic (exact) mass is 294 g/mol. The standard InChI is InChI=1S/C19H38N2/c1-14(2)4-3-5-19(15-6-10-17(20)11-7-15)16-8-12-18(21)13-9-16/h14-19H,3-13,20-21H2,1-2H3. The van der Waals surface area contributed by atoms with Gasteiger partial charge in [-0.1, -0.05) is 26.7 Å². The minimum Gasteiger partial charge on any atom is -0.328 e. The Bertz CT molecular complexity index is 251. The predicted molar refractivity (Wildman–Crippen MR) is 92.0 cm³/mol. The molecule has 0 aromatic heterocycles. The highest BCUT2D eigenvalue weighted by atomic mass is 14.6. The van der Waals surface area contributed by atoms with Crippen LogP contribution in [0.3, 0.4) is 0 Å². The maximum atomic E-state index is 6.12. The van der Waals surface area contributed by atoms with Gasteiger partial charge < -0.3 is 11.5 Å². The van der Waals surface area contributed by atoms with Crippen molar-refractivity contribution < 1.29 is 0 Å². The van der Waals surface area contributed by atoms with Crippen molar-refractivity contribution in [3.05, 3.63) is 0 Å². The fourth-order valence-electron chi connectivity index (χ4n) is 4.76. The minimum atomic E-state index is 0.484. The number of rotatable bonds is 6. The van der Waals surface area contributed by atoms with E-state index in [4.69, 9.17) is 11.5 Å². The molecule has 2 saturated carbocycles. The lowest BCUT2D eigenvalue weighted by atomic mass is 9.67. The SMILES string of the molecule is CC(C)CCCC(C1CCC(N)CC1)C1CCC(N)CC1. The van der Waals surface area contributed by atoms with E-state index in [1.165, 1.54) is 70.6 Å². The Morgan fingerprint density at radius 3 is 1.52 bits per heavy atom. The molecule has 0 saturated heterocycles. The van der Waals surface area contributed by atoms with Crippen molar-refractivity contribution in [1.29, 1.82) is 0 Å². The van der Waals surface area contributed by atoms with Crippen LogP contribution in [0, 0.1) is 23.7 Å². The second-order valence-corrected chi connectivity index (χ2v) is 8.34. The number of hydrogen-bond acceptors (Lipinski definition) is 2. The van der Waals surface area contributed by atoms with Crippen LogP contribution in [-0.4, -0.2) is 12.1 Å². The highest BCUT2D eigenvalue weighted by molar-refractivity contribution is 4.86. The third-order valence-corrected chi connectivity index (χ3v) is 6.16. The van der Waals surface area contributed by atoms with E-state index < -0.39 is 0 Å². The van der Waals surface area contributed by atoms with Gasteiger partial charge in [0.1, 0.15) is 0 Å². The van der Waals surface area contributed by atoms with E-state index in [2.05, 4.69) is 13.8 Å². The maximum Gasteiger partial charge on any atom is 0.00390 e. The Morgan fingerprint density at radius 2 is 1.14 bits per heavy atom. The van der Waals surface area contributed by atoms with Crippen LogP contribution in [0.2, 0.25) is 0 Å². The average molecular weight is 295 g/mol. The Hall–Kier alpha value is -0.0800. The van der Waals surface area contributed by atoms with Gasteiger partial charge in [0.05, 0.1) is 0 Å². The quantitative estimate of drug-likeness (QED) is 0.759. The molecule has 0 aromatic rings. The molecule has 2 nitrogen and oxygen atoms in total. The summed E-state index contributed by atoms with van der Waals surface area (Å²) in [6.07, 6.45) is 14.9. The number of hydrogen-bond donors (Lipinski definition) is 2. The lowest BCUT2D eigenvalue weighted by Gasteiger charge is -2.40. The summed E-state index contributed by atoms with van der Waals surface area (Å²) in [6.45, 7) is 4.71. The van der Waals surface area contributed by atoms with Crippen molar-refractivity contribution in [2.24, 2.45) is 35.1 Å². The molecule has 0 atom stereocenters. The molecule has 0 heterocycles. The van der Waals surface area contributed by atoms with Crippen molar-refractivity contribution in [3.63, 3.8) is 0 Å². The summed E-state index contributed by atoms with van der Waals surface area (Å²) >= 11 is 0. The summed E-state index contributed by atoms with van der Waals surface area (Å²) in [5.41, 5.74) is 12.2. The van der Waals surface area contributed by atoms with Gasteiger partial charge in [0.2, 0.25) is 0 Å². The summed E-state index contributed by atoms with van der Waals surface area (Å²) in [5, 5.41) is 0. The molecule has 0 spiro atoms. The predicted octanol–water partition coefficient (Wildman–Crippen LogP) is 4.46. The van der Waals surface area contributed by atoms with Crippen molar-refractivity contribution in [1.82, 2.24) is 0 Å². The summed E-state index contributed by atoms with van der Waals surface area (Å²) in [7, 11) is 0. The number of nitrogens with two attached hydrogens (primary N) is 2. The zero-order valence-corrected chi connectivity index (χ0v) is 14.4.